The summed E-state index contributed by atoms with van der Waals surface area (Å²) in [6.45, 7) is 9.60. The van der Waals surface area contributed by atoms with Crippen LogP contribution < -0.4 is 0 Å². The van der Waals surface area contributed by atoms with Gasteiger partial charge in [-0.1, -0.05) is 118 Å². The summed E-state index contributed by atoms with van der Waals surface area (Å²) < 4.78 is 5.86. The monoisotopic (exact) mass is 396 g/mol. The van der Waals surface area contributed by atoms with Crippen LogP contribution in [0.5, 0.6) is 0 Å². The molecule has 0 saturated carbocycles. The Labute approximate surface area is 177 Å². The minimum absolute atomic E-state index is 0.0828. The van der Waals surface area contributed by atoms with Gasteiger partial charge in [0.15, 0.2) is 0 Å². The molecule has 0 heterocycles. The van der Waals surface area contributed by atoms with E-state index in [9.17, 15) is 4.79 Å². The second kappa shape index (κ2) is 21.2. The van der Waals surface area contributed by atoms with Crippen LogP contribution in [0.4, 0.5) is 0 Å². The van der Waals surface area contributed by atoms with E-state index < -0.39 is 0 Å². The Bertz CT molecular complexity index is 326. The maximum absolute atomic E-state index is 12.6. The highest BCUT2D eigenvalue weighted by atomic mass is 16.5. The second-order valence-electron chi connectivity index (χ2n) is 8.88. The molecule has 28 heavy (non-hydrogen) atoms. The molecule has 0 rings (SSSR count). The number of rotatable bonds is 21. The lowest BCUT2D eigenvalue weighted by Crippen LogP contribution is -2.21. The van der Waals surface area contributed by atoms with Crippen molar-refractivity contribution < 1.29 is 9.53 Å². The second-order valence-corrected chi connectivity index (χ2v) is 8.88. The van der Waals surface area contributed by atoms with Crippen LogP contribution in [-0.2, 0) is 9.53 Å². The fourth-order valence-electron chi connectivity index (χ4n) is 4.07. The zero-order valence-corrected chi connectivity index (χ0v) is 19.9. The molecule has 0 aliphatic rings. The largest absolute Gasteiger partial charge is 0.465 e. The fraction of sp³-hybridized carbons (Fsp3) is 0.962. The van der Waals surface area contributed by atoms with Crippen LogP contribution >= 0.6 is 0 Å². The zero-order valence-electron chi connectivity index (χ0n) is 19.9. The quantitative estimate of drug-likeness (QED) is 0.143. The van der Waals surface area contributed by atoms with Crippen LogP contribution in [0.1, 0.15) is 143 Å². The first-order valence-electron chi connectivity index (χ1n) is 12.9. The molecule has 0 fully saturated rings. The van der Waals surface area contributed by atoms with Crippen LogP contribution in [0.25, 0.3) is 0 Å². The molecule has 0 amide bonds. The maximum atomic E-state index is 12.6. The summed E-state index contributed by atoms with van der Waals surface area (Å²) in [4.78, 5) is 12.6. The van der Waals surface area contributed by atoms with E-state index in [-0.39, 0.29) is 11.9 Å². The van der Waals surface area contributed by atoms with E-state index in [0.29, 0.717) is 12.5 Å². The SMILES string of the molecule is CCCCCCCCC(CCCCCC)COC(=O)C(CCC)CCCCC. The molecule has 0 N–H and O–H groups in total. The number of unbranched alkanes of at least 4 members (excludes halogenated alkanes) is 10. The van der Waals surface area contributed by atoms with Crippen molar-refractivity contribution in [1.82, 2.24) is 0 Å². The van der Waals surface area contributed by atoms with E-state index in [1.807, 2.05) is 0 Å². The molecule has 0 radical (unpaired) electrons. The van der Waals surface area contributed by atoms with Gasteiger partial charge in [0.2, 0.25) is 0 Å². The minimum Gasteiger partial charge on any atom is -0.465 e. The van der Waals surface area contributed by atoms with Crippen molar-refractivity contribution in [2.24, 2.45) is 11.8 Å². The standard InChI is InChI=1S/C26H52O2/c1-5-9-12-14-15-18-21-24(20-17-13-10-6-2)23-28-26(27)25(19-8-4)22-16-11-7-3/h24-25H,5-23H2,1-4H3. The van der Waals surface area contributed by atoms with Crippen LogP contribution in [-0.4, -0.2) is 12.6 Å². The van der Waals surface area contributed by atoms with Gasteiger partial charge in [0.25, 0.3) is 0 Å². The van der Waals surface area contributed by atoms with Gasteiger partial charge in [0, 0.05) is 0 Å². The Balaban J connectivity index is 4.32. The normalized spacial score (nSPS) is 13.4. The molecule has 0 spiro atoms. The van der Waals surface area contributed by atoms with Gasteiger partial charge in [-0.25, -0.2) is 0 Å². The summed E-state index contributed by atoms with van der Waals surface area (Å²) >= 11 is 0. The van der Waals surface area contributed by atoms with Crippen molar-refractivity contribution in [3.8, 4) is 0 Å². The third-order valence-corrected chi connectivity index (χ3v) is 6.02. The average Bonchev–Trinajstić information content (AvgIpc) is 2.70. The first kappa shape index (κ1) is 27.5. The van der Waals surface area contributed by atoms with E-state index in [1.54, 1.807) is 0 Å². The lowest BCUT2D eigenvalue weighted by molar-refractivity contribution is -0.150. The number of carbonyl (C=O) groups is 1. The Morgan fingerprint density at radius 2 is 1.04 bits per heavy atom. The molecule has 2 atom stereocenters. The molecular formula is C26H52O2. The van der Waals surface area contributed by atoms with E-state index in [0.717, 1.165) is 25.7 Å². The first-order chi connectivity index (χ1) is 13.7. The number of ether oxygens (including phenoxy) is 1. The highest BCUT2D eigenvalue weighted by Crippen LogP contribution is 2.22. The topological polar surface area (TPSA) is 26.3 Å². The van der Waals surface area contributed by atoms with Gasteiger partial charge in [-0.15, -0.1) is 0 Å². The molecule has 0 aromatic rings. The molecule has 168 valence electrons. The molecular weight excluding hydrogens is 344 g/mol. The Morgan fingerprint density at radius 3 is 1.61 bits per heavy atom. The molecule has 0 aromatic carbocycles. The molecule has 0 bridgehead atoms. The summed E-state index contributed by atoms with van der Waals surface area (Å²) in [6.07, 6.45) is 22.5. The van der Waals surface area contributed by atoms with Crippen LogP contribution in [0.15, 0.2) is 0 Å². The molecule has 0 aliphatic heterocycles. The van der Waals surface area contributed by atoms with Gasteiger partial charge in [0.05, 0.1) is 12.5 Å². The zero-order chi connectivity index (χ0) is 20.9. The highest BCUT2D eigenvalue weighted by molar-refractivity contribution is 5.72. The summed E-state index contributed by atoms with van der Waals surface area (Å²) in [6, 6.07) is 0. The van der Waals surface area contributed by atoms with Gasteiger partial charge in [-0.2, -0.15) is 0 Å². The maximum Gasteiger partial charge on any atom is 0.308 e. The fourth-order valence-corrected chi connectivity index (χ4v) is 4.07. The summed E-state index contributed by atoms with van der Waals surface area (Å²) in [5, 5.41) is 0. The molecule has 0 aromatic heterocycles. The Hall–Kier alpha value is -0.530. The average molecular weight is 397 g/mol. The smallest absolute Gasteiger partial charge is 0.308 e. The van der Waals surface area contributed by atoms with Crippen LogP contribution in [0, 0.1) is 11.8 Å². The Kier molecular flexibility index (Phi) is 20.8. The van der Waals surface area contributed by atoms with E-state index in [1.165, 1.54) is 89.9 Å². The van der Waals surface area contributed by atoms with Gasteiger partial charge in [-0.05, 0) is 31.6 Å². The molecule has 2 nitrogen and oxygen atoms in total. The Morgan fingerprint density at radius 1 is 0.571 bits per heavy atom. The lowest BCUT2D eigenvalue weighted by atomic mass is 9.94. The third-order valence-electron chi connectivity index (χ3n) is 6.02. The van der Waals surface area contributed by atoms with Crippen LogP contribution in [0.2, 0.25) is 0 Å². The van der Waals surface area contributed by atoms with Crippen molar-refractivity contribution in [1.29, 1.82) is 0 Å². The van der Waals surface area contributed by atoms with E-state index >= 15 is 0 Å². The first-order valence-corrected chi connectivity index (χ1v) is 12.9. The molecule has 0 aliphatic carbocycles. The van der Waals surface area contributed by atoms with Crippen molar-refractivity contribution in [3.63, 3.8) is 0 Å². The lowest BCUT2D eigenvalue weighted by Gasteiger charge is -2.20. The van der Waals surface area contributed by atoms with Gasteiger partial charge in [-0.3, -0.25) is 4.79 Å². The van der Waals surface area contributed by atoms with Gasteiger partial charge < -0.3 is 4.74 Å². The van der Waals surface area contributed by atoms with Crippen molar-refractivity contribution in [3.05, 3.63) is 0 Å². The van der Waals surface area contributed by atoms with Crippen LogP contribution in [0.3, 0.4) is 0 Å². The van der Waals surface area contributed by atoms with Crippen molar-refractivity contribution in [2.75, 3.05) is 6.61 Å². The predicted octanol–water partition coefficient (Wildman–Crippen LogP) is 8.86. The molecule has 2 heteroatoms. The van der Waals surface area contributed by atoms with Crippen molar-refractivity contribution >= 4 is 5.97 Å². The minimum atomic E-state index is 0.0828. The molecule has 2 unspecified atom stereocenters. The van der Waals surface area contributed by atoms with Crippen molar-refractivity contribution in [2.45, 2.75) is 143 Å². The number of esters is 1. The molecule has 0 saturated heterocycles. The number of hydrogen-bond donors (Lipinski definition) is 0. The van der Waals surface area contributed by atoms with Gasteiger partial charge >= 0.3 is 5.97 Å². The number of carbonyl (C=O) groups excluding carboxylic acids is 1. The summed E-state index contributed by atoms with van der Waals surface area (Å²) in [7, 11) is 0. The van der Waals surface area contributed by atoms with Gasteiger partial charge in [0.1, 0.15) is 0 Å². The summed E-state index contributed by atoms with van der Waals surface area (Å²) in [5.74, 6) is 0.788. The van der Waals surface area contributed by atoms with E-state index in [4.69, 9.17) is 4.74 Å². The summed E-state index contributed by atoms with van der Waals surface area (Å²) in [5.41, 5.74) is 0. The number of hydrogen-bond acceptors (Lipinski definition) is 2. The van der Waals surface area contributed by atoms with E-state index in [2.05, 4.69) is 27.7 Å². The predicted molar refractivity (Wildman–Crippen MR) is 124 cm³/mol. The third kappa shape index (κ3) is 16.4. The highest BCUT2D eigenvalue weighted by Gasteiger charge is 2.20.